The van der Waals surface area contributed by atoms with Crippen molar-refractivity contribution >= 4 is 64.7 Å². The Kier molecular flexibility index (Phi) is 11.0. The van der Waals surface area contributed by atoms with Crippen LogP contribution in [0, 0.1) is 12.9 Å². The van der Waals surface area contributed by atoms with Gasteiger partial charge in [-0.05, 0) is 85.0 Å². The maximum absolute atomic E-state index is 14.4. The summed E-state index contributed by atoms with van der Waals surface area (Å²) >= 11 is 2.73. The zero-order valence-corrected chi connectivity index (χ0v) is 33.9. The number of likely N-dealkylation sites (N-methyl/N-ethyl adjacent to an activating group) is 2. The van der Waals surface area contributed by atoms with Crippen molar-refractivity contribution in [2.24, 2.45) is 0 Å². The third-order valence-corrected chi connectivity index (χ3v) is 12.0. The summed E-state index contributed by atoms with van der Waals surface area (Å²) in [4.78, 5) is 52.0. The summed E-state index contributed by atoms with van der Waals surface area (Å²) < 4.78 is 21.3. The van der Waals surface area contributed by atoms with E-state index < -0.39 is 11.5 Å². The maximum Gasteiger partial charge on any atom is 0.266 e. The van der Waals surface area contributed by atoms with Crippen molar-refractivity contribution in [1.29, 1.82) is 0 Å². The fourth-order valence-electron chi connectivity index (χ4n) is 7.49. The van der Waals surface area contributed by atoms with Gasteiger partial charge in [0, 0.05) is 34.6 Å². The van der Waals surface area contributed by atoms with Crippen LogP contribution in [-0.2, 0) is 0 Å². The van der Waals surface area contributed by atoms with E-state index in [1.807, 2.05) is 63.8 Å². The van der Waals surface area contributed by atoms with Gasteiger partial charge in [-0.25, -0.2) is 4.98 Å². The first-order valence-electron chi connectivity index (χ1n) is 18.2. The Morgan fingerprint density at radius 3 is 1.80 bits per heavy atom. The van der Waals surface area contributed by atoms with E-state index in [9.17, 15) is 18.8 Å². The molecule has 0 amide bonds. The number of nitrogens with one attached hydrogen (secondary N) is 4. The van der Waals surface area contributed by atoms with Crippen LogP contribution in [-0.4, -0.2) is 66.2 Å². The second-order valence-electron chi connectivity index (χ2n) is 14.3. The number of rotatable bonds is 9. The normalized spacial score (nSPS) is 12.7. The van der Waals surface area contributed by atoms with Gasteiger partial charge in [-0.15, -0.1) is 22.7 Å². The van der Waals surface area contributed by atoms with Crippen molar-refractivity contribution in [3.63, 3.8) is 0 Å². The van der Waals surface area contributed by atoms with Crippen LogP contribution >= 0.6 is 22.7 Å². The molecule has 0 aliphatic heterocycles. The Balaban J connectivity index is 0.000000172. The molecule has 4 N–H and O–H groups in total. The highest BCUT2D eigenvalue weighted by atomic mass is 32.1. The number of benzene rings is 2. The number of pyridine rings is 4. The summed E-state index contributed by atoms with van der Waals surface area (Å²) in [5.41, 5.74) is 6.01. The zero-order valence-electron chi connectivity index (χ0n) is 32.2. The zero-order chi connectivity index (χ0) is 39.8. The van der Waals surface area contributed by atoms with Gasteiger partial charge in [0.25, 0.3) is 16.7 Å². The van der Waals surface area contributed by atoms with E-state index in [4.69, 9.17) is 4.74 Å². The molecule has 0 spiro atoms. The molecule has 0 aliphatic rings. The number of H-pyrrole nitrogens is 3. The van der Waals surface area contributed by atoms with Crippen LogP contribution in [0.5, 0.6) is 5.88 Å². The number of methoxy groups -OCH3 is 1. The molecule has 0 saturated heterocycles. The lowest BCUT2D eigenvalue weighted by molar-refractivity contribution is 0.383. The van der Waals surface area contributed by atoms with Gasteiger partial charge in [0.1, 0.15) is 14.9 Å². The molecule has 0 bridgehead atoms. The van der Waals surface area contributed by atoms with Crippen molar-refractivity contribution in [1.82, 2.24) is 30.2 Å². The predicted octanol–water partition coefficient (Wildman–Crippen LogP) is 8.35. The number of nitrogens with zero attached hydrogens (tertiary/aromatic N) is 2. The molecule has 8 rings (SSSR count). The van der Waals surface area contributed by atoms with Gasteiger partial charge in [0.05, 0.1) is 29.4 Å². The quantitative estimate of drug-likeness (QED) is 0.108. The third-order valence-electron chi connectivity index (χ3n) is 10.2. The van der Waals surface area contributed by atoms with Crippen LogP contribution in [0.25, 0.3) is 64.2 Å². The molecule has 288 valence electrons. The Labute approximate surface area is 330 Å². The summed E-state index contributed by atoms with van der Waals surface area (Å²) in [6.45, 7) is 8.08. The number of thiophene rings is 2. The van der Waals surface area contributed by atoms with Crippen molar-refractivity contribution in [3.05, 3.63) is 125 Å². The third kappa shape index (κ3) is 7.18. The number of aromatic amines is 3. The summed E-state index contributed by atoms with van der Waals surface area (Å²) in [6.07, 6.45) is 0. The van der Waals surface area contributed by atoms with Crippen LogP contribution in [0.2, 0.25) is 0 Å². The molecule has 6 heterocycles. The molecule has 0 aliphatic carbocycles. The Bertz CT molecular complexity index is 2890. The first-order valence-corrected chi connectivity index (χ1v) is 20.0. The molecule has 2 aromatic carbocycles. The SMILES string of the molecule is CC(CN(C)C)c1ccc(-c2c(=O)[nH]c(F)c3[nH]c(=O)c4sccc4c23)cc1.CNCC(C)c1ccc(-c2c(OC)nc(C)c3[nH]c(=O)c4sccc4c23)cc1. The van der Waals surface area contributed by atoms with E-state index in [2.05, 4.69) is 68.3 Å². The van der Waals surface area contributed by atoms with Gasteiger partial charge >= 0.3 is 0 Å². The highest BCUT2D eigenvalue weighted by Gasteiger charge is 2.21. The Hall–Kier alpha value is -5.47. The minimum atomic E-state index is -0.829. The molecule has 0 radical (unpaired) electrons. The molecule has 56 heavy (non-hydrogen) atoms. The van der Waals surface area contributed by atoms with Gasteiger partial charge in [-0.3, -0.25) is 19.4 Å². The van der Waals surface area contributed by atoms with Crippen molar-refractivity contribution in [2.45, 2.75) is 32.6 Å². The van der Waals surface area contributed by atoms with Crippen molar-refractivity contribution < 1.29 is 9.13 Å². The largest absolute Gasteiger partial charge is 0.481 e. The molecule has 0 fully saturated rings. The smallest absolute Gasteiger partial charge is 0.266 e. The summed E-state index contributed by atoms with van der Waals surface area (Å²) in [5.74, 6) is 0.506. The molecule has 2 atom stereocenters. The topological polar surface area (TPSA) is 136 Å². The highest BCUT2D eigenvalue weighted by Crippen LogP contribution is 2.40. The monoisotopic (exact) mass is 790 g/mol. The number of hydrogen-bond acceptors (Lipinski definition) is 9. The maximum atomic E-state index is 14.4. The number of ether oxygens (including phenoxy) is 1. The lowest BCUT2D eigenvalue weighted by atomic mass is 9.95. The van der Waals surface area contributed by atoms with Gasteiger partial charge in [0.15, 0.2) is 0 Å². The summed E-state index contributed by atoms with van der Waals surface area (Å²) in [6, 6.07) is 20.0. The molecular formula is C43H43FN6O4S2. The second-order valence-corrected chi connectivity index (χ2v) is 16.2. The molecule has 8 aromatic rings. The number of hydrogen-bond donors (Lipinski definition) is 4. The highest BCUT2D eigenvalue weighted by molar-refractivity contribution is 7.17. The number of aromatic nitrogens is 4. The standard InChI is InChI=1S/C22H23N3O2S.C21H20FN3O2S/c1-12(11-23-3)14-5-7-15(8-6-14)17-18-16-9-10-28-20(16)21(26)25-19(18)13(2)24-22(17)27-4;1-11(10-25(2)3)12-4-6-13(7-5-12)15-16-14-8-9-28-18(14)21(27)23-17(16)19(22)24-20(15)26/h5-10,12,23H,11H2,1-4H3,(H,25,26);4-9,11H,10H2,1-3H3,(H,23,27)(H,24,26). The van der Waals surface area contributed by atoms with Crippen molar-refractivity contribution in [2.75, 3.05) is 41.3 Å². The Morgan fingerprint density at radius 2 is 1.27 bits per heavy atom. The summed E-state index contributed by atoms with van der Waals surface area (Å²) in [5, 5.41) is 9.90. The first kappa shape index (κ1) is 38.8. The number of aryl methyl sites for hydroxylation is 1. The number of halogens is 1. The molecule has 10 nitrogen and oxygen atoms in total. The van der Waals surface area contributed by atoms with Crippen molar-refractivity contribution in [3.8, 4) is 28.1 Å². The van der Waals surface area contributed by atoms with Crippen LogP contribution in [0.15, 0.2) is 85.8 Å². The molecular weight excluding hydrogens is 748 g/mol. The minimum Gasteiger partial charge on any atom is -0.481 e. The fourth-order valence-corrected chi connectivity index (χ4v) is 9.08. The van der Waals surface area contributed by atoms with Crippen LogP contribution < -0.4 is 26.7 Å². The average molecular weight is 791 g/mol. The van der Waals surface area contributed by atoms with Crippen LogP contribution in [0.4, 0.5) is 4.39 Å². The fraction of sp³-hybridized carbons (Fsp3) is 0.256. The van der Waals surface area contributed by atoms with E-state index in [1.54, 1.807) is 18.6 Å². The molecule has 6 aromatic heterocycles. The lowest BCUT2D eigenvalue weighted by Crippen LogP contribution is -2.18. The molecule has 0 saturated carbocycles. The number of fused-ring (bicyclic) bond motifs is 6. The van der Waals surface area contributed by atoms with Crippen LogP contribution in [0.1, 0.15) is 42.5 Å². The first-order chi connectivity index (χ1) is 26.9. The van der Waals surface area contributed by atoms with E-state index in [-0.39, 0.29) is 16.6 Å². The van der Waals surface area contributed by atoms with Gasteiger partial charge in [-0.1, -0.05) is 62.4 Å². The van der Waals surface area contributed by atoms with E-state index in [0.29, 0.717) is 44.3 Å². The van der Waals surface area contributed by atoms with E-state index in [0.717, 1.165) is 56.5 Å². The minimum absolute atomic E-state index is 0.0237. The average Bonchev–Trinajstić information content (AvgIpc) is 3.88. The Morgan fingerprint density at radius 1 is 0.750 bits per heavy atom. The summed E-state index contributed by atoms with van der Waals surface area (Å²) in [7, 11) is 7.66. The van der Waals surface area contributed by atoms with Gasteiger partial charge in [-0.2, -0.15) is 4.39 Å². The molecule has 2 unspecified atom stereocenters. The van der Waals surface area contributed by atoms with E-state index >= 15 is 0 Å². The van der Waals surface area contributed by atoms with E-state index in [1.165, 1.54) is 28.2 Å². The predicted molar refractivity (Wildman–Crippen MR) is 230 cm³/mol. The van der Waals surface area contributed by atoms with Gasteiger partial charge < -0.3 is 24.9 Å². The van der Waals surface area contributed by atoms with Gasteiger partial charge in [0.2, 0.25) is 11.8 Å². The lowest BCUT2D eigenvalue weighted by Gasteiger charge is -2.17. The second kappa shape index (κ2) is 15.9. The van der Waals surface area contributed by atoms with Crippen LogP contribution in [0.3, 0.4) is 0 Å². The molecule has 13 heteroatoms.